The number of amides is 2. The SMILES string of the molecule is CN1CCC(NC(=O)NCc2cccc(OCC(F)F)c2)CC1. The van der Waals surface area contributed by atoms with Gasteiger partial charge >= 0.3 is 6.03 Å². The van der Waals surface area contributed by atoms with Crippen molar-refractivity contribution in [2.45, 2.75) is 31.9 Å². The molecule has 7 heteroatoms. The second-order valence-corrected chi connectivity index (χ2v) is 5.75. The zero-order valence-electron chi connectivity index (χ0n) is 13.2. The van der Waals surface area contributed by atoms with Gasteiger partial charge in [-0.05, 0) is 50.7 Å². The van der Waals surface area contributed by atoms with Crippen LogP contribution < -0.4 is 15.4 Å². The summed E-state index contributed by atoms with van der Waals surface area (Å²) < 4.78 is 29.2. The Balaban J connectivity index is 1.74. The average molecular weight is 327 g/mol. The van der Waals surface area contributed by atoms with Crippen molar-refractivity contribution in [3.05, 3.63) is 29.8 Å². The molecular formula is C16H23F2N3O2. The normalized spacial score (nSPS) is 16.3. The van der Waals surface area contributed by atoms with Crippen LogP contribution in [0.3, 0.4) is 0 Å². The van der Waals surface area contributed by atoms with Gasteiger partial charge in [0, 0.05) is 12.6 Å². The summed E-state index contributed by atoms with van der Waals surface area (Å²) in [6.07, 6.45) is -0.612. The molecule has 1 heterocycles. The monoisotopic (exact) mass is 327 g/mol. The van der Waals surface area contributed by atoms with Crippen LogP contribution in [-0.4, -0.2) is 50.1 Å². The highest BCUT2D eigenvalue weighted by Crippen LogP contribution is 2.14. The number of rotatable bonds is 6. The number of benzene rings is 1. The van der Waals surface area contributed by atoms with Gasteiger partial charge in [-0.1, -0.05) is 12.1 Å². The van der Waals surface area contributed by atoms with Gasteiger partial charge < -0.3 is 20.3 Å². The summed E-state index contributed by atoms with van der Waals surface area (Å²) in [5, 5.41) is 5.74. The number of hydrogen-bond donors (Lipinski definition) is 2. The molecule has 1 aromatic rings. The molecule has 128 valence electrons. The smallest absolute Gasteiger partial charge is 0.315 e. The lowest BCUT2D eigenvalue weighted by molar-refractivity contribution is 0.0818. The molecule has 1 aromatic carbocycles. The van der Waals surface area contributed by atoms with Crippen molar-refractivity contribution in [1.82, 2.24) is 15.5 Å². The zero-order chi connectivity index (χ0) is 16.7. The van der Waals surface area contributed by atoms with E-state index in [1.165, 1.54) is 0 Å². The molecule has 1 fully saturated rings. The van der Waals surface area contributed by atoms with E-state index < -0.39 is 13.0 Å². The van der Waals surface area contributed by atoms with Gasteiger partial charge in [-0.3, -0.25) is 0 Å². The van der Waals surface area contributed by atoms with Gasteiger partial charge in [0.05, 0.1) is 0 Å². The first-order chi connectivity index (χ1) is 11.0. The number of nitrogens with zero attached hydrogens (tertiary/aromatic N) is 1. The Morgan fingerprint density at radius 3 is 2.83 bits per heavy atom. The summed E-state index contributed by atoms with van der Waals surface area (Å²) >= 11 is 0. The molecule has 1 aliphatic heterocycles. The average Bonchev–Trinajstić information content (AvgIpc) is 2.54. The van der Waals surface area contributed by atoms with Crippen LogP contribution in [0.25, 0.3) is 0 Å². The maximum absolute atomic E-state index is 12.1. The van der Waals surface area contributed by atoms with E-state index in [-0.39, 0.29) is 12.1 Å². The molecule has 0 atom stereocenters. The summed E-state index contributed by atoms with van der Waals surface area (Å²) in [4.78, 5) is 14.1. The van der Waals surface area contributed by atoms with E-state index in [0.29, 0.717) is 12.3 Å². The molecule has 2 N–H and O–H groups in total. The minimum Gasteiger partial charge on any atom is -0.488 e. The Bertz CT molecular complexity index is 506. The summed E-state index contributed by atoms with van der Waals surface area (Å²) in [5.74, 6) is 0.375. The van der Waals surface area contributed by atoms with Crippen molar-refractivity contribution in [3.63, 3.8) is 0 Å². The highest BCUT2D eigenvalue weighted by atomic mass is 19.3. The van der Waals surface area contributed by atoms with Crippen LogP contribution in [-0.2, 0) is 6.54 Å². The van der Waals surface area contributed by atoms with E-state index >= 15 is 0 Å². The molecule has 0 spiro atoms. The van der Waals surface area contributed by atoms with Crippen LogP contribution in [0.15, 0.2) is 24.3 Å². The predicted octanol–water partition coefficient (Wildman–Crippen LogP) is 2.22. The number of nitrogens with one attached hydrogen (secondary N) is 2. The summed E-state index contributed by atoms with van der Waals surface area (Å²) in [6, 6.07) is 6.78. The van der Waals surface area contributed by atoms with Crippen molar-refractivity contribution in [2.75, 3.05) is 26.7 Å². The lowest BCUT2D eigenvalue weighted by atomic mass is 10.1. The maximum atomic E-state index is 12.1. The van der Waals surface area contributed by atoms with E-state index in [1.807, 2.05) is 6.07 Å². The van der Waals surface area contributed by atoms with Gasteiger partial charge in [0.15, 0.2) is 0 Å². The van der Waals surface area contributed by atoms with Gasteiger partial charge in [-0.2, -0.15) is 0 Å². The van der Waals surface area contributed by atoms with E-state index in [0.717, 1.165) is 31.5 Å². The Labute approximate surface area is 135 Å². The van der Waals surface area contributed by atoms with Crippen LogP contribution in [0, 0.1) is 0 Å². The van der Waals surface area contributed by atoms with Gasteiger partial charge in [0.1, 0.15) is 12.4 Å². The van der Waals surface area contributed by atoms with Crippen molar-refractivity contribution in [2.24, 2.45) is 0 Å². The van der Waals surface area contributed by atoms with Gasteiger partial charge in [0.2, 0.25) is 0 Å². The second kappa shape index (κ2) is 8.67. The molecule has 2 amide bonds. The summed E-state index contributed by atoms with van der Waals surface area (Å²) in [5.41, 5.74) is 0.801. The number of piperidine rings is 1. The van der Waals surface area contributed by atoms with Crippen molar-refractivity contribution < 1.29 is 18.3 Å². The fourth-order valence-corrected chi connectivity index (χ4v) is 2.48. The third-order valence-corrected chi connectivity index (χ3v) is 3.78. The number of likely N-dealkylation sites (tertiary alicyclic amines) is 1. The van der Waals surface area contributed by atoms with Crippen LogP contribution in [0.2, 0.25) is 0 Å². The third kappa shape index (κ3) is 6.40. The third-order valence-electron chi connectivity index (χ3n) is 3.78. The Morgan fingerprint density at radius 2 is 2.13 bits per heavy atom. The first-order valence-corrected chi connectivity index (χ1v) is 7.75. The largest absolute Gasteiger partial charge is 0.488 e. The fraction of sp³-hybridized carbons (Fsp3) is 0.562. The second-order valence-electron chi connectivity index (χ2n) is 5.75. The number of carbonyl (C=O) groups is 1. The van der Waals surface area contributed by atoms with E-state index in [2.05, 4.69) is 22.6 Å². The Kier molecular flexibility index (Phi) is 6.58. The molecule has 2 rings (SSSR count). The van der Waals surface area contributed by atoms with E-state index in [9.17, 15) is 13.6 Å². The van der Waals surface area contributed by atoms with Gasteiger partial charge in [0.25, 0.3) is 6.43 Å². The maximum Gasteiger partial charge on any atom is 0.315 e. The van der Waals surface area contributed by atoms with E-state index in [4.69, 9.17) is 4.74 Å². The molecule has 23 heavy (non-hydrogen) atoms. The van der Waals surface area contributed by atoms with Crippen LogP contribution in [0.4, 0.5) is 13.6 Å². The topological polar surface area (TPSA) is 53.6 Å². The number of halogens is 2. The highest BCUT2D eigenvalue weighted by Gasteiger charge is 2.18. The predicted molar refractivity (Wildman–Crippen MR) is 83.8 cm³/mol. The molecular weight excluding hydrogens is 304 g/mol. The summed E-state index contributed by atoms with van der Waals surface area (Å²) in [7, 11) is 2.07. The van der Waals surface area contributed by atoms with Crippen LogP contribution in [0.5, 0.6) is 5.75 Å². The number of carbonyl (C=O) groups excluding carboxylic acids is 1. The molecule has 1 saturated heterocycles. The van der Waals surface area contributed by atoms with Crippen LogP contribution >= 0.6 is 0 Å². The number of urea groups is 1. The quantitative estimate of drug-likeness (QED) is 0.842. The molecule has 0 radical (unpaired) electrons. The molecule has 5 nitrogen and oxygen atoms in total. The molecule has 0 aliphatic carbocycles. The van der Waals surface area contributed by atoms with Crippen molar-refractivity contribution in [3.8, 4) is 5.75 Å². The molecule has 0 saturated carbocycles. The molecule has 0 unspecified atom stereocenters. The number of hydrogen-bond acceptors (Lipinski definition) is 3. The fourth-order valence-electron chi connectivity index (χ4n) is 2.48. The zero-order valence-corrected chi connectivity index (χ0v) is 13.2. The standard InChI is InChI=1S/C16H23F2N3O2/c1-21-7-5-13(6-8-21)20-16(22)19-10-12-3-2-4-14(9-12)23-11-15(17)18/h2-4,9,13,15H,5-8,10-11H2,1H3,(H2,19,20,22). The molecule has 1 aliphatic rings. The Hall–Kier alpha value is -1.89. The minimum absolute atomic E-state index is 0.201. The first kappa shape index (κ1) is 17.5. The minimum atomic E-state index is -2.50. The number of ether oxygens (including phenoxy) is 1. The van der Waals surface area contributed by atoms with Gasteiger partial charge in [-0.15, -0.1) is 0 Å². The Morgan fingerprint density at radius 1 is 1.39 bits per heavy atom. The van der Waals surface area contributed by atoms with Crippen molar-refractivity contribution >= 4 is 6.03 Å². The lowest BCUT2D eigenvalue weighted by Gasteiger charge is -2.29. The van der Waals surface area contributed by atoms with E-state index in [1.54, 1.807) is 18.2 Å². The van der Waals surface area contributed by atoms with Crippen molar-refractivity contribution in [1.29, 1.82) is 0 Å². The number of alkyl halides is 2. The van der Waals surface area contributed by atoms with Gasteiger partial charge in [-0.25, -0.2) is 13.6 Å². The molecule has 0 bridgehead atoms. The highest BCUT2D eigenvalue weighted by molar-refractivity contribution is 5.74. The lowest BCUT2D eigenvalue weighted by Crippen LogP contribution is -2.46. The van der Waals surface area contributed by atoms with Crippen LogP contribution in [0.1, 0.15) is 18.4 Å². The summed E-state index contributed by atoms with van der Waals surface area (Å²) in [6.45, 7) is 1.65. The molecule has 0 aromatic heterocycles. The first-order valence-electron chi connectivity index (χ1n) is 7.75.